The van der Waals surface area contributed by atoms with Crippen LogP contribution in [0.2, 0.25) is 0 Å². The predicted octanol–water partition coefficient (Wildman–Crippen LogP) is 2.24. The van der Waals surface area contributed by atoms with E-state index in [1.54, 1.807) is 14.0 Å². The molecule has 0 saturated heterocycles. The van der Waals surface area contributed by atoms with Gasteiger partial charge < -0.3 is 23.8 Å². The maximum absolute atomic E-state index is 12.6. The summed E-state index contributed by atoms with van der Waals surface area (Å²) in [4.78, 5) is 28.2. The topological polar surface area (TPSA) is 88.4 Å². The minimum Gasteiger partial charge on any atom is -0.481 e. The van der Waals surface area contributed by atoms with E-state index in [2.05, 4.69) is 9.89 Å². The van der Waals surface area contributed by atoms with E-state index in [-0.39, 0.29) is 12.6 Å². The fourth-order valence-corrected chi connectivity index (χ4v) is 4.25. The molecule has 10 nitrogen and oxygen atoms in total. The van der Waals surface area contributed by atoms with Crippen molar-refractivity contribution < 1.29 is 23.7 Å². The van der Waals surface area contributed by atoms with Crippen LogP contribution in [-0.2, 0) is 20.8 Å². The van der Waals surface area contributed by atoms with Crippen molar-refractivity contribution in [1.29, 1.82) is 0 Å². The van der Waals surface area contributed by atoms with Crippen molar-refractivity contribution in [2.24, 2.45) is 9.98 Å². The van der Waals surface area contributed by atoms with Gasteiger partial charge in [-0.1, -0.05) is 6.07 Å². The Morgan fingerprint density at radius 2 is 2.09 bits per heavy atom. The van der Waals surface area contributed by atoms with Crippen LogP contribution in [0.3, 0.4) is 0 Å². The fourth-order valence-electron chi connectivity index (χ4n) is 4.25. The number of carbonyl (C=O) groups excluding carboxylic acids is 1. The zero-order valence-corrected chi connectivity index (χ0v) is 19.7. The molecule has 1 unspecified atom stereocenters. The van der Waals surface area contributed by atoms with Crippen LogP contribution in [0, 0.1) is 0 Å². The Hall–Kier alpha value is -3.37. The molecule has 4 aliphatic heterocycles. The maximum Gasteiger partial charge on any atom is 0.231 e. The number of benzene rings is 1. The molecule has 0 spiro atoms. The number of amidine groups is 1. The molecule has 2 bridgehead atoms. The Bertz CT molecular complexity index is 1100. The molecule has 180 valence electrons. The summed E-state index contributed by atoms with van der Waals surface area (Å²) in [5.41, 5.74) is 2.60. The summed E-state index contributed by atoms with van der Waals surface area (Å²) in [6.07, 6.45) is 5.91. The number of methoxy groups -OCH3 is 1. The molecule has 0 fully saturated rings. The number of hydrogen-bond acceptors (Lipinski definition) is 10. The Morgan fingerprint density at radius 3 is 2.94 bits per heavy atom. The van der Waals surface area contributed by atoms with E-state index in [9.17, 15) is 4.79 Å². The first kappa shape index (κ1) is 22.4. The molecule has 1 atom stereocenters. The van der Waals surface area contributed by atoms with Crippen molar-refractivity contribution in [1.82, 2.24) is 14.7 Å². The van der Waals surface area contributed by atoms with Crippen LogP contribution in [-0.4, -0.2) is 86.0 Å². The molecular formula is C24H29N5O5. The summed E-state index contributed by atoms with van der Waals surface area (Å²) in [6.45, 7) is 4.26. The van der Waals surface area contributed by atoms with Crippen LogP contribution in [0.15, 0.2) is 46.0 Å². The highest BCUT2D eigenvalue weighted by atomic mass is 16.7. The molecule has 34 heavy (non-hydrogen) atoms. The lowest BCUT2D eigenvalue weighted by molar-refractivity contribution is -0.130. The van der Waals surface area contributed by atoms with Crippen molar-refractivity contribution in [3.63, 3.8) is 0 Å². The standard InChI is InChI=1S/C24H29N5O5/c1-16-19(30)12-27(2)8-7-25-10-17-4-5-20-23(34-15-33-20)22(17)26-24-18(6-9-32-16)11-28-13-21(31-3)29(24)14-28/h4-5,7,11,13,16H,6,8-10,12,14-15H2,1-3H3. The summed E-state index contributed by atoms with van der Waals surface area (Å²) in [7, 11) is 3.54. The molecular weight excluding hydrogens is 438 g/mol. The Labute approximate surface area is 198 Å². The first-order valence-corrected chi connectivity index (χ1v) is 11.3. The van der Waals surface area contributed by atoms with Gasteiger partial charge in [0.15, 0.2) is 17.3 Å². The van der Waals surface area contributed by atoms with Crippen LogP contribution in [0.4, 0.5) is 5.69 Å². The highest BCUT2D eigenvalue weighted by Crippen LogP contribution is 2.44. The number of rotatable bonds is 1. The molecule has 0 aliphatic carbocycles. The number of ketones is 1. The fraction of sp³-hybridized carbons (Fsp3) is 0.458. The zero-order valence-electron chi connectivity index (χ0n) is 19.7. The average Bonchev–Trinajstić information content (AvgIpc) is 3.43. The minimum absolute atomic E-state index is 0.0449. The lowest BCUT2D eigenvalue weighted by Gasteiger charge is -2.30. The first-order valence-electron chi connectivity index (χ1n) is 11.3. The summed E-state index contributed by atoms with van der Waals surface area (Å²) in [6, 6.07) is 3.87. The van der Waals surface area contributed by atoms with Crippen LogP contribution in [0.5, 0.6) is 11.5 Å². The maximum atomic E-state index is 12.6. The minimum atomic E-state index is -0.489. The van der Waals surface area contributed by atoms with Crippen molar-refractivity contribution in [2.45, 2.75) is 26.0 Å². The Balaban J connectivity index is 1.57. The first-order chi connectivity index (χ1) is 16.5. The second kappa shape index (κ2) is 9.47. The summed E-state index contributed by atoms with van der Waals surface area (Å²) < 4.78 is 22.9. The SMILES string of the molecule is COC1=CN2C=C3CCOC(C)C(=O)CN(C)CC=NCc4ccc5c(c4N=C3N1C2)OCO5. The molecule has 0 aromatic heterocycles. The van der Waals surface area contributed by atoms with Crippen LogP contribution >= 0.6 is 0 Å². The Kier molecular flexibility index (Phi) is 6.25. The van der Waals surface area contributed by atoms with E-state index in [4.69, 9.17) is 23.9 Å². The van der Waals surface area contributed by atoms with Gasteiger partial charge in [-0.2, -0.15) is 0 Å². The molecule has 1 aromatic carbocycles. The van der Waals surface area contributed by atoms with E-state index >= 15 is 0 Å². The normalized spacial score (nSPS) is 23.2. The number of Topliss-reactive ketones (excluding diaryl/α,β-unsaturated/α-hetero) is 1. The van der Waals surface area contributed by atoms with Gasteiger partial charge in [0.1, 0.15) is 24.3 Å². The lowest BCUT2D eigenvalue weighted by Crippen LogP contribution is -2.38. The molecule has 4 aliphatic rings. The van der Waals surface area contributed by atoms with Crippen LogP contribution in [0.25, 0.3) is 0 Å². The number of ether oxygens (including phenoxy) is 4. The molecule has 1 aromatic rings. The van der Waals surface area contributed by atoms with Crippen molar-refractivity contribution in [3.8, 4) is 11.5 Å². The quantitative estimate of drug-likeness (QED) is 0.622. The average molecular weight is 468 g/mol. The largest absolute Gasteiger partial charge is 0.481 e. The van der Waals surface area contributed by atoms with Gasteiger partial charge in [-0.25, -0.2) is 4.99 Å². The lowest BCUT2D eigenvalue weighted by atomic mass is 10.1. The third-order valence-electron chi connectivity index (χ3n) is 6.14. The molecule has 0 amide bonds. The van der Waals surface area contributed by atoms with Gasteiger partial charge in [-0.15, -0.1) is 0 Å². The predicted molar refractivity (Wildman–Crippen MR) is 126 cm³/mol. The smallest absolute Gasteiger partial charge is 0.231 e. The number of likely N-dealkylation sites (N-methyl/N-ethyl adjacent to an activating group) is 1. The van der Waals surface area contributed by atoms with E-state index in [1.807, 2.05) is 47.6 Å². The molecule has 0 N–H and O–H groups in total. The van der Waals surface area contributed by atoms with E-state index in [1.165, 1.54) is 0 Å². The summed E-state index contributed by atoms with van der Waals surface area (Å²) in [5.74, 6) is 2.80. The van der Waals surface area contributed by atoms with Crippen LogP contribution in [0.1, 0.15) is 18.9 Å². The van der Waals surface area contributed by atoms with Gasteiger partial charge in [0.05, 0.1) is 33.0 Å². The third-order valence-corrected chi connectivity index (χ3v) is 6.14. The number of carbonyl (C=O) groups is 1. The zero-order chi connectivity index (χ0) is 23.7. The van der Waals surface area contributed by atoms with Gasteiger partial charge >= 0.3 is 0 Å². The molecule has 10 heteroatoms. The Morgan fingerprint density at radius 1 is 1.21 bits per heavy atom. The van der Waals surface area contributed by atoms with E-state index in [0.29, 0.717) is 62.4 Å². The second-order valence-electron chi connectivity index (χ2n) is 8.60. The summed E-state index contributed by atoms with van der Waals surface area (Å²) in [5, 5.41) is 0. The van der Waals surface area contributed by atoms with Gasteiger partial charge in [-0.05, 0) is 20.0 Å². The number of fused-ring (bicyclic) bond motifs is 7. The van der Waals surface area contributed by atoms with E-state index < -0.39 is 6.10 Å². The van der Waals surface area contributed by atoms with Gasteiger partial charge in [0, 0.05) is 36.5 Å². The molecule has 4 heterocycles. The highest BCUT2D eigenvalue weighted by Gasteiger charge is 2.33. The highest BCUT2D eigenvalue weighted by molar-refractivity contribution is 6.02. The van der Waals surface area contributed by atoms with Gasteiger partial charge in [-0.3, -0.25) is 19.6 Å². The number of hydrogen-bond donors (Lipinski definition) is 0. The van der Waals surface area contributed by atoms with Gasteiger partial charge in [0.2, 0.25) is 12.7 Å². The van der Waals surface area contributed by atoms with E-state index in [0.717, 1.165) is 17.0 Å². The van der Waals surface area contributed by atoms with Crippen molar-refractivity contribution in [3.05, 3.63) is 41.6 Å². The van der Waals surface area contributed by atoms with Crippen LogP contribution < -0.4 is 9.47 Å². The number of aliphatic imine (C=N–C) groups is 2. The summed E-state index contributed by atoms with van der Waals surface area (Å²) >= 11 is 0. The molecule has 5 rings (SSSR count). The monoisotopic (exact) mass is 467 g/mol. The molecule has 0 radical (unpaired) electrons. The van der Waals surface area contributed by atoms with Crippen molar-refractivity contribution >= 4 is 23.5 Å². The molecule has 0 saturated carbocycles. The van der Waals surface area contributed by atoms with Crippen molar-refractivity contribution in [2.75, 3.05) is 47.3 Å². The van der Waals surface area contributed by atoms with Gasteiger partial charge in [0.25, 0.3) is 0 Å². The third kappa shape index (κ3) is 4.38. The number of nitrogens with zero attached hydrogens (tertiary/aromatic N) is 5. The second-order valence-corrected chi connectivity index (χ2v) is 8.60.